The maximum atomic E-state index is 12.0. The van der Waals surface area contributed by atoms with Gasteiger partial charge < -0.3 is 5.11 Å². The van der Waals surface area contributed by atoms with E-state index in [1.165, 1.54) is 24.3 Å². The molecule has 2 aromatic carbocycles. The summed E-state index contributed by atoms with van der Waals surface area (Å²) in [7, 11) is 0. The number of hydrogen-bond donors (Lipinski definition) is 1. The topological polar surface area (TPSA) is 20.2 Å². The summed E-state index contributed by atoms with van der Waals surface area (Å²) < 4.78 is 12.0. The second kappa shape index (κ2) is 10.9. The summed E-state index contributed by atoms with van der Waals surface area (Å²) in [5, 5.41) is 8.59. The van der Waals surface area contributed by atoms with Crippen LogP contribution in [-0.2, 0) is 0 Å². The van der Waals surface area contributed by atoms with E-state index in [1.807, 2.05) is 30.3 Å². The molecule has 0 heterocycles. The van der Waals surface area contributed by atoms with Crippen LogP contribution in [0.1, 0.15) is 0 Å². The molecule has 0 spiro atoms. The van der Waals surface area contributed by atoms with Crippen LogP contribution in [0, 0.1) is 11.9 Å². The summed E-state index contributed by atoms with van der Waals surface area (Å²) >= 11 is 0. The predicted octanol–water partition coefficient (Wildman–Crippen LogP) is 3.22. The standard InChI is InChI=1S/C6H5FO.C6H5.BrH.Mg/c7-5-1-3-6(8)4-2-5;1-2-4-6-5-3-1;;/h1-4,8H;1-5H;1H;/q;-1;;+2. The van der Waals surface area contributed by atoms with Crippen LogP contribution in [-0.4, -0.2) is 28.2 Å². The van der Waals surface area contributed by atoms with Crippen LogP contribution >= 0.6 is 17.0 Å². The fourth-order valence-corrected chi connectivity index (χ4v) is 0.783. The number of hydrogen-bond acceptors (Lipinski definition) is 1. The first-order valence-corrected chi connectivity index (χ1v) is 4.14. The molecule has 0 aliphatic heterocycles. The monoisotopic (exact) mass is 293 g/mol. The van der Waals surface area contributed by atoms with Crippen LogP contribution < -0.4 is 0 Å². The summed E-state index contributed by atoms with van der Waals surface area (Å²) in [6, 6.07) is 17.5. The Kier molecular flexibility index (Phi) is 12.1. The summed E-state index contributed by atoms with van der Waals surface area (Å²) in [6.07, 6.45) is 0. The Labute approximate surface area is 121 Å². The van der Waals surface area contributed by atoms with Gasteiger partial charge in [0, 0.05) is 0 Å². The van der Waals surface area contributed by atoms with Crippen LogP contribution in [0.2, 0.25) is 0 Å². The zero-order chi connectivity index (χ0) is 10.2. The Balaban J connectivity index is 0. The Morgan fingerprint density at radius 3 is 1.69 bits per heavy atom. The van der Waals surface area contributed by atoms with Gasteiger partial charge in [0.05, 0.1) is 0 Å². The van der Waals surface area contributed by atoms with E-state index < -0.39 is 0 Å². The van der Waals surface area contributed by atoms with Gasteiger partial charge in [-0.3, -0.25) is 0 Å². The van der Waals surface area contributed by atoms with Crippen LogP contribution in [0.5, 0.6) is 5.75 Å². The number of phenols is 1. The third kappa shape index (κ3) is 8.70. The average Bonchev–Trinajstić information content (AvgIpc) is 2.26. The van der Waals surface area contributed by atoms with Crippen LogP contribution in [0.4, 0.5) is 4.39 Å². The number of phenolic OH excluding ortho intramolecular Hbond substituents is 1. The molecule has 0 saturated heterocycles. The fourth-order valence-electron chi connectivity index (χ4n) is 0.783. The average molecular weight is 294 g/mol. The van der Waals surface area contributed by atoms with Crippen molar-refractivity contribution in [3.8, 4) is 5.75 Å². The normalized spacial score (nSPS) is 7.56. The van der Waals surface area contributed by atoms with Gasteiger partial charge >= 0.3 is 23.1 Å². The molecule has 0 aliphatic rings. The predicted molar refractivity (Wildman–Crippen MR) is 69.4 cm³/mol. The zero-order valence-electron chi connectivity index (χ0n) is 8.64. The number of aromatic hydroxyl groups is 1. The SMILES string of the molecule is Br.Oc1ccc(F)cc1.[Mg+2].[c-]1ccccc1. The van der Waals surface area contributed by atoms with E-state index in [0.717, 1.165) is 0 Å². The molecule has 2 aromatic rings. The molecule has 0 aromatic heterocycles. The van der Waals surface area contributed by atoms with Gasteiger partial charge in [0.1, 0.15) is 11.6 Å². The number of rotatable bonds is 0. The molecule has 0 unspecified atom stereocenters. The molecule has 0 radical (unpaired) electrons. The van der Waals surface area contributed by atoms with Crippen molar-refractivity contribution in [3.05, 3.63) is 66.5 Å². The molecule has 0 bridgehead atoms. The van der Waals surface area contributed by atoms with E-state index in [1.54, 1.807) is 0 Å². The van der Waals surface area contributed by atoms with Crippen molar-refractivity contribution in [1.29, 1.82) is 0 Å². The number of benzene rings is 2. The van der Waals surface area contributed by atoms with Gasteiger partial charge in [-0.15, -0.1) is 17.0 Å². The molecule has 0 amide bonds. The van der Waals surface area contributed by atoms with Gasteiger partial charge in [-0.25, -0.2) is 4.39 Å². The van der Waals surface area contributed by atoms with Gasteiger partial charge in [0.25, 0.3) is 0 Å². The zero-order valence-corrected chi connectivity index (χ0v) is 11.8. The first kappa shape index (κ1) is 17.8. The summed E-state index contributed by atoms with van der Waals surface area (Å²) in [5.41, 5.74) is 0. The first-order chi connectivity index (χ1) is 6.79. The van der Waals surface area contributed by atoms with Gasteiger partial charge in [-0.2, -0.15) is 36.4 Å². The maximum Gasteiger partial charge on any atom is 2.00 e. The minimum Gasteiger partial charge on any atom is -0.508 e. The minimum absolute atomic E-state index is 0. The van der Waals surface area contributed by atoms with Crippen molar-refractivity contribution in [1.82, 2.24) is 0 Å². The Bertz CT molecular complexity index is 305. The van der Waals surface area contributed by atoms with Crippen LogP contribution in [0.3, 0.4) is 0 Å². The minimum atomic E-state index is -0.331. The molecule has 4 heteroatoms. The molecule has 2 rings (SSSR count). The summed E-state index contributed by atoms with van der Waals surface area (Å²) in [4.78, 5) is 0. The molecule has 0 saturated carbocycles. The van der Waals surface area contributed by atoms with E-state index in [9.17, 15) is 4.39 Å². The smallest absolute Gasteiger partial charge is 0.508 e. The molecule has 1 nitrogen and oxygen atoms in total. The van der Waals surface area contributed by atoms with Crippen molar-refractivity contribution < 1.29 is 9.50 Å². The Hall–Kier alpha value is -0.584. The van der Waals surface area contributed by atoms with E-state index in [2.05, 4.69) is 6.07 Å². The second-order valence-corrected chi connectivity index (χ2v) is 2.55. The van der Waals surface area contributed by atoms with E-state index >= 15 is 0 Å². The number of halogens is 2. The van der Waals surface area contributed by atoms with Crippen molar-refractivity contribution in [2.45, 2.75) is 0 Å². The summed E-state index contributed by atoms with van der Waals surface area (Å²) in [6.45, 7) is 0. The van der Waals surface area contributed by atoms with Crippen molar-refractivity contribution in [2.24, 2.45) is 0 Å². The molecule has 80 valence electrons. The van der Waals surface area contributed by atoms with Gasteiger partial charge in [-0.05, 0) is 24.3 Å². The van der Waals surface area contributed by atoms with E-state index in [4.69, 9.17) is 5.11 Å². The molecular weight excluding hydrogens is 283 g/mol. The van der Waals surface area contributed by atoms with Crippen molar-refractivity contribution >= 4 is 40.0 Å². The molecule has 16 heavy (non-hydrogen) atoms. The Morgan fingerprint density at radius 2 is 1.44 bits per heavy atom. The van der Waals surface area contributed by atoms with Gasteiger partial charge in [0.2, 0.25) is 0 Å². The fraction of sp³-hybridized carbons (Fsp3) is 0. The largest absolute Gasteiger partial charge is 2.00 e. The quantitative estimate of drug-likeness (QED) is 0.584. The van der Waals surface area contributed by atoms with Crippen LogP contribution in [0.25, 0.3) is 0 Å². The van der Waals surface area contributed by atoms with Crippen molar-refractivity contribution in [2.75, 3.05) is 0 Å². The second-order valence-electron chi connectivity index (χ2n) is 2.55. The van der Waals surface area contributed by atoms with E-state index in [-0.39, 0.29) is 51.6 Å². The third-order valence-corrected chi connectivity index (χ3v) is 1.43. The molecule has 0 fully saturated rings. The summed E-state index contributed by atoms with van der Waals surface area (Å²) in [5.74, 6) is -0.241. The van der Waals surface area contributed by atoms with Gasteiger partial charge in [-0.1, -0.05) is 0 Å². The van der Waals surface area contributed by atoms with Crippen molar-refractivity contribution in [3.63, 3.8) is 0 Å². The Morgan fingerprint density at radius 1 is 0.938 bits per heavy atom. The molecule has 0 atom stereocenters. The van der Waals surface area contributed by atoms with E-state index in [0.29, 0.717) is 0 Å². The van der Waals surface area contributed by atoms with Crippen LogP contribution in [0.15, 0.2) is 54.6 Å². The first-order valence-electron chi connectivity index (χ1n) is 4.14. The van der Waals surface area contributed by atoms with Gasteiger partial charge in [0.15, 0.2) is 0 Å². The molecular formula is C12H11BrFMgO+. The molecule has 0 aliphatic carbocycles. The molecule has 1 N–H and O–H groups in total. The third-order valence-electron chi connectivity index (χ3n) is 1.43. The maximum absolute atomic E-state index is 12.0.